The number of nitrogens with one attached hydrogen (secondary N) is 2. The predicted octanol–water partition coefficient (Wildman–Crippen LogP) is 4.36. The van der Waals surface area contributed by atoms with Crippen LogP contribution in [0, 0.1) is 12.3 Å². The first-order valence-electron chi connectivity index (χ1n) is 7.25. The highest BCUT2D eigenvalue weighted by Gasteiger charge is 2.36. The minimum Gasteiger partial charge on any atom is -0.325 e. The lowest BCUT2D eigenvalue weighted by Gasteiger charge is -2.23. The summed E-state index contributed by atoms with van der Waals surface area (Å²) in [5.74, 6) is -0.720. The van der Waals surface area contributed by atoms with E-state index in [1.54, 1.807) is 26.0 Å². The Kier molecular flexibility index (Phi) is 5.21. The molecule has 2 aromatic carbocycles. The Hall–Kier alpha value is -2.14. The van der Waals surface area contributed by atoms with Crippen LogP contribution < -0.4 is 10.6 Å². The summed E-state index contributed by atoms with van der Waals surface area (Å²) in [6.07, 6.45) is 0. The molecule has 2 aromatic rings. The molecule has 23 heavy (non-hydrogen) atoms. The maximum Gasteiger partial charge on any atom is 0.239 e. The fraction of sp³-hybridized carbons (Fsp3) is 0.222. The van der Waals surface area contributed by atoms with Gasteiger partial charge in [-0.05, 0) is 66.5 Å². The SMILES string of the molecule is Cc1cccc(NC(=O)C(C)(C)C(=O)Nc2ccccc2Br)c1. The molecule has 0 aliphatic rings. The molecule has 4 nitrogen and oxygen atoms in total. The van der Waals surface area contributed by atoms with Gasteiger partial charge >= 0.3 is 0 Å². The molecular weight excluding hydrogens is 356 g/mol. The fourth-order valence-corrected chi connectivity index (χ4v) is 2.34. The van der Waals surface area contributed by atoms with E-state index in [0.717, 1.165) is 10.0 Å². The largest absolute Gasteiger partial charge is 0.325 e. The third-order valence-corrected chi connectivity index (χ3v) is 4.22. The third-order valence-electron chi connectivity index (χ3n) is 3.53. The number of aryl methyl sites for hydroxylation is 1. The second kappa shape index (κ2) is 6.96. The smallest absolute Gasteiger partial charge is 0.239 e. The first-order chi connectivity index (χ1) is 10.8. The lowest BCUT2D eigenvalue weighted by atomic mass is 9.90. The van der Waals surface area contributed by atoms with Crippen LogP contribution in [0.25, 0.3) is 0 Å². The molecule has 0 bridgehead atoms. The molecule has 0 fully saturated rings. The lowest BCUT2D eigenvalue weighted by Crippen LogP contribution is -2.41. The van der Waals surface area contributed by atoms with Crippen LogP contribution in [0.2, 0.25) is 0 Å². The van der Waals surface area contributed by atoms with Crippen LogP contribution in [0.1, 0.15) is 19.4 Å². The van der Waals surface area contributed by atoms with Crippen LogP contribution in [-0.4, -0.2) is 11.8 Å². The van der Waals surface area contributed by atoms with Crippen LogP contribution in [0.3, 0.4) is 0 Å². The normalized spacial score (nSPS) is 11.0. The monoisotopic (exact) mass is 374 g/mol. The number of halogens is 1. The van der Waals surface area contributed by atoms with Crippen LogP contribution in [0.4, 0.5) is 11.4 Å². The number of carbonyl (C=O) groups is 2. The summed E-state index contributed by atoms with van der Waals surface area (Å²) in [4.78, 5) is 25.0. The number of carbonyl (C=O) groups excluding carboxylic acids is 2. The van der Waals surface area contributed by atoms with E-state index in [2.05, 4.69) is 26.6 Å². The van der Waals surface area contributed by atoms with E-state index in [9.17, 15) is 9.59 Å². The van der Waals surface area contributed by atoms with Crippen molar-refractivity contribution in [3.05, 3.63) is 58.6 Å². The average Bonchev–Trinajstić information content (AvgIpc) is 2.49. The first kappa shape index (κ1) is 17.2. The zero-order chi connectivity index (χ0) is 17.0. The van der Waals surface area contributed by atoms with E-state index in [4.69, 9.17) is 0 Å². The van der Waals surface area contributed by atoms with Crippen molar-refractivity contribution < 1.29 is 9.59 Å². The topological polar surface area (TPSA) is 58.2 Å². The Morgan fingerprint density at radius 1 is 0.957 bits per heavy atom. The van der Waals surface area contributed by atoms with Gasteiger partial charge in [-0.3, -0.25) is 9.59 Å². The minimum absolute atomic E-state index is 0.354. The molecule has 0 aromatic heterocycles. The van der Waals surface area contributed by atoms with Gasteiger partial charge in [0.15, 0.2) is 0 Å². The van der Waals surface area contributed by atoms with Crippen molar-refractivity contribution in [3.8, 4) is 0 Å². The molecule has 120 valence electrons. The van der Waals surface area contributed by atoms with Gasteiger partial charge in [0, 0.05) is 10.2 Å². The molecule has 2 N–H and O–H groups in total. The molecule has 0 saturated carbocycles. The zero-order valence-corrected chi connectivity index (χ0v) is 14.9. The Morgan fingerprint density at radius 2 is 1.61 bits per heavy atom. The predicted molar refractivity (Wildman–Crippen MR) is 96.4 cm³/mol. The second-order valence-corrected chi connectivity index (χ2v) is 6.74. The highest BCUT2D eigenvalue weighted by atomic mass is 79.9. The maximum atomic E-state index is 12.5. The molecule has 2 amide bonds. The van der Waals surface area contributed by atoms with Crippen molar-refractivity contribution in [3.63, 3.8) is 0 Å². The number of hydrogen-bond acceptors (Lipinski definition) is 2. The summed E-state index contributed by atoms with van der Waals surface area (Å²) in [5, 5.41) is 5.57. The fourth-order valence-electron chi connectivity index (χ4n) is 1.95. The number of benzene rings is 2. The Labute approximate surface area is 144 Å². The van der Waals surface area contributed by atoms with Gasteiger partial charge in [0.05, 0.1) is 5.69 Å². The van der Waals surface area contributed by atoms with Crippen molar-refractivity contribution >= 4 is 39.1 Å². The van der Waals surface area contributed by atoms with Gasteiger partial charge in [0.25, 0.3) is 0 Å². The van der Waals surface area contributed by atoms with E-state index in [-0.39, 0.29) is 11.8 Å². The minimum atomic E-state index is -1.21. The molecule has 0 atom stereocenters. The Bertz CT molecular complexity index is 741. The summed E-state index contributed by atoms with van der Waals surface area (Å²) >= 11 is 3.38. The van der Waals surface area contributed by atoms with Crippen molar-refractivity contribution in [2.75, 3.05) is 10.6 Å². The van der Waals surface area contributed by atoms with Crippen LogP contribution in [-0.2, 0) is 9.59 Å². The number of rotatable bonds is 4. The van der Waals surface area contributed by atoms with Gasteiger partial charge in [-0.15, -0.1) is 0 Å². The maximum absolute atomic E-state index is 12.5. The third kappa shape index (κ3) is 4.20. The van der Waals surface area contributed by atoms with Gasteiger partial charge in [-0.2, -0.15) is 0 Å². The van der Waals surface area contributed by atoms with Gasteiger partial charge in [0.2, 0.25) is 11.8 Å². The molecule has 5 heteroatoms. The van der Waals surface area contributed by atoms with E-state index in [0.29, 0.717) is 11.4 Å². The van der Waals surface area contributed by atoms with Crippen molar-refractivity contribution in [1.82, 2.24) is 0 Å². The number of hydrogen-bond donors (Lipinski definition) is 2. The zero-order valence-electron chi connectivity index (χ0n) is 13.3. The second-order valence-electron chi connectivity index (χ2n) is 5.88. The summed E-state index contributed by atoms with van der Waals surface area (Å²) in [5.41, 5.74) is 1.14. The molecule has 0 unspecified atom stereocenters. The highest BCUT2D eigenvalue weighted by molar-refractivity contribution is 9.10. The molecule has 2 rings (SSSR count). The number of para-hydroxylation sites is 1. The quantitative estimate of drug-likeness (QED) is 0.780. The van der Waals surface area contributed by atoms with Gasteiger partial charge < -0.3 is 10.6 Å². The van der Waals surface area contributed by atoms with Crippen molar-refractivity contribution in [2.45, 2.75) is 20.8 Å². The summed E-state index contributed by atoms with van der Waals surface area (Å²) in [6.45, 7) is 5.15. The van der Waals surface area contributed by atoms with Crippen LogP contribution in [0.5, 0.6) is 0 Å². The summed E-state index contributed by atoms with van der Waals surface area (Å²) in [6, 6.07) is 14.7. The number of anilines is 2. The first-order valence-corrected chi connectivity index (χ1v) is 8.04. The van der Waals surface area contributed by atoms with Crippen molar-refractivity contribution in [1.29, 1.82) is 0 Å². The van der Waals surface area contributed by atoms with E-state index >= 15 is 0 Å². The molecule has 0 spiro atoms. The molecule has 0 radical (unpaired) electrons. The number of amides is 2. The molecule has 0 saturated heterocycles. The molecule has 0 aliphatic carbocycles. The van der Waals surface area contributed by atoms with E-state index in [1.165, 1.54) is 0 Å². The lowest BCUT2D eigenvalue weighted by molar-refractivity contribution is -0.135. The Morgan fingerprint density at radius 3 is 2.26 bits per heavy atom. The highest BCUT2D eigenvalue weighted by Crippen LogP contribution is 2.26. The van der Waals surface area contributed by atoms with E-state index in [1.807, 2.05) is 43.3 Å². The van der Waals surface area contributed by atoms with Gasteiger partial charge in [-0.25, -0.2) is 0 Å². The van der Waals surface area contributed by atoms with Gasteiger partial charge in [-0.1, -0.05) is 24.3 Å². The van der Waals surface area contributed by atoms with Gasteiger partial charge in [0.1, 0.15) is 5.41 Å². The molecule has 0 aliphatic heterocycles. The van der Waals surface area contributed by atoms with Crippen molar-refractivity contribution in [2.24, 2.45) is 5.41 Å². The molecular formula is C18H19BrN2O2. The molecule has 0 heterocycles. The summed E-state index contributed by atoms with van der Waals surface area (Å²) in [7, 11) is 0. The van der Waals surface area contributed by atoms with Crippen LogP contribution in [0.15, 0.2) is 53.0 Å². The standard InChI is InChI=1S/C18H19BrN2O2/c1-12-7-6-8-13(11-12)20-16(22)18(2,3)17(23)21-15-10-5-4-9-14(15)19/h4-11H,1-3H3,(H,20,22)(H,21,23). The Balaban J connectivity index is 2.11. The summed E-state index contributed by atoms with van der Waals surface area (Å²) < 4.78 is 0.767. The average molecular weight is 375 g/mol. The van der Waals surface area contributed by atoms with Crippen LogP contribution >= 0.6 is 15.9 Å². The van der Waals surface area contributed by atoms with E-state index < -0.39 is 5.41 Å².